The summed E-state index contributed by atoms with van der Waals surface area (Å²) in [6.45, 7) is 1.29. The van der Waals surface area contributed by atoms with Crippen LogP contribution < -0.4 is 10.6 Å². The second-order valence-corrected chi connectivity index (χ2v) is 7.21. The van der Waals surface area contributed by atoms with Crippen LogP contribution in [0.4, 0.5) is 5.82 Å². The summed E-state index contributed by atoms with van der Waals surface area (Å²) in [4.78, 5) is 34.1. The molecule has 1 aromatic carbocycles. The second kappa shape index (κ2) is 6.98. The van der Waals surface area contributed by atoms with Crippen molar-refractivity contribution in [3.63, 3.8) is 0 Å². The molecule has 0 unspecified atom stereocenters. The van der Waals surface area contributed by atoms with Gasteiger partial charge < -0.3 is 15.7 Å². The Morgan fingerprint density at radius 1 is 1.15 bits per heavy atom. The van der Waals surface area contributed by atoms with E-state index in [1.54, 1.807) is 12.4 Å². The number of carbonyl (C=O) groups excluding carboxylic acids is 1. The number of carboxylic acid groups (broad SMARTS) is 1. The van der Waals surface area contributed by atoms with Crippen LogP contribution >= 0.6 is 0 Å². The predicted molar refractivity (Wildman–Crippen MR) is 101 cm³/mol. The van der Waals surface area contributed by atoms with Gasteiger partial charge in [-0.3, -0.25) is 9.59 Å². The van der Waals surface area contributed by atoms with Crippen LogP contribution in [0.3, 0.4) is 0 Å². The van der Waals surface area contributed by atoms with E-state index in [2.05, 4.69) is 14.9 Å². The Morgan fingerprint density at radius 3 is 2.63 bits per heavy atom. The third kappa shape index (κ3) is 3.25. The van der Waals surface area contributed by atoms with E-state index in [1.807, 2.05) is 12.1 Å². The number of piperidine rings is 1. The van der Waals surface area contributed by atoms with Gasteiger partial charge in [0.2, 0.25) is 5.91 Å². The number of amides is 1. The summed E-state index contributed by atoms with van der Waals surface area (Å²) < 4.78 is 0. The molecular weight excluding hydrogens is 344 g/mol. The van der Waals surface area contributed by atoms with E-state index in [1.165, 1.54) is 0 Å². The maximum absolute atomic E-state index is 11.7. The molecule has 2 aromatic rings. The number of primary amides is 1. The standard InChI is InChI=1S/C20H22N4O3/c21-18(25)14-5-4-12-2-1-3-16-17(15(12)10-14)19(23-11-22-16)24-8-6-13(7-9-24)20(26)27/h4-5,10-11,13H,1-3,6-9H2,(H2,21,25)(H,26,27). The molecule has 1 aromatic heterocycles. The van der Waals surface area contributed by atoms with Crippen molar-refractivity contribution in [2.24, 2.45) is 11.7 Å². The summed E-state index contributed by atoms with van der Waals surface area (Å²) in [6.07, 6.45) is 5.51. The zero-order chi connectivity index (χ0) is 19.0. The fourth-order valence-corrected chi connectivity index (χ4v) is 4.08. The number of nitrogens with zero attached hydrogens (tertiary/aromatic N) is 3. The summed E-state index contributed by atoms with van der Waals surface area (Å²) in [5, 5.41) is 9.25. The Hall–Kier alpha value is -2.96. The molecule has 0 atom stereocenters. The van der Waals surface area contributed by atoms with Crippen molar-refractivity contribution in [2.75, 3.05) is 18.0 Å². The third-order valence-corrected chi connectivity index (χ3v) is 5.57. The number of carbonyl (C=O) groups is 2. The highest BCUT2D eigenvalue weighted by Crippen LogP contribution is 2.39. The van der Waals surface area contributed by atoms with Crippen molar-refractivity contribution in [3.8, 4) is 11.1 Å². The number of anilines is 1. The summed E-state index contributed by atoms with van der Waals surface area (Å²) in [6, 6.07) is 5.59. The number of nitrogens with two attached hydrogens (primary N) is 1. The number of aromatic nitrogens is 2. The van der Waals surface area contributed by atoms with E-state index in [0.29, 0.717) is 31.5 Å². The van der Waals surface area contributed by atoms with E-state index in [9.17, 15) is 14.7 Å². The second-order valence-electron chi connectivity index (χ2n) is 7.21. The molecule has 27 heavy (non-hydrogen) atoms. The largest absolute Gasteiger partial charge is 0.481 e. The fourth-order valence-electron chi connectivity index (χ4n) is 4.08. The Balaban J connectivity index is 1.79. The molecule has 0 radical (unpaired) electrons. The Labute approximate surface area is 157 Å². The van der Waals surface area contributed by atoms with E-state index in [0.717, 1.165) is 47.5 Å². The smallest absolute Gasteiger partial charge is 0.306 e. The van der Waals surface area contributed by atoms with Gasteiger partial charge in [-0.2, -0.15) is 0 Å². The van der Waals surface area contributed by atoms with Crippen molar-refractivity contribution in [3.05, 3.63) is 41.3 Å². The minimum Gasteiger partial charge on any atom is -0.481 e. The molecule has 0 bridgehead atoms. The third-order valence-electron chi connectivity index (χ3n) is 5.57. The molecule has 3 N–H and O–H groups in total. The van der Waals surface area contributed by atoms with Crippen LogP contribution in [-0.2, 0) is 17.6 Å². The number of aliphatic carboxylic acids is 1. The van der Waals surface area contributed by atoms with Crippen molar-refractivity contribution in [1.82, 2.24) is 9.97 Å². The molecule has 2 heterocycles. The lowest BCUT2D eigenvalue weighted by atomic mass is 9.94. The van der Waals surface area contributed by atoms with Gasteiger partial charge in [-0.25, -0.2) is 9.97 Å². The summed E-state index contributed by atoms with van der Waals surface area (Å²) >= 11 is 0. The molecule has 0 saturated carbocycles. The van der Waals surface area contributed by atoms with E-state index in [4.69, 9.17) is 5.73 Å². The molecule has 2 aliphatic rings. The highest BCUT2D eigenvalue weighted by Gasteiger charge is 2.29. The average molecular weight is 366 g/mol. The van der Waals surface area contributed by atoms with Gasteiger partial charge in [0.25, 0.3) is 0 Å². The highest BCUT2D eigenvalue weighted by atomic mass is 16.4. The number of rotatable bonds is 3. The minimum absolute atomic E-state index is 0.296. The molecular formula is C20H22N4O3. The maximum atomic E-state index is 11.7. The van der Waals surface area contributed by atoms with Crippen LogP contribution in [0.15, 0.2) is 24.5 Å². The van der Waals surface area contributed by atoms with Crippen LogP contribution in [0.25, 0.3) is 11.1 Å². The van der Waals surface area contributed by atoms with Gasteiger partial charge in [0.05, 0.1) is 11.6 Å². The predicted octanol–water partition coefficient (Wildman–Crippen LogP) is 2.03. The van der Waals surface area contributed by atoms with Crippen LogP contribution in [0.1, 0.15) is 40.9 Å². The minimum atomic E-state index is -0.729. The highest BCUT2D eigenvalue weighted by molar-refractivity contribution is 5.95. The quantitative estimate of drug-likeness (QED) is 0.860. The lowest BCUT2D eigenvalue weighted by molar-refractivity contribution is -0.142. The van der Waals surface area contributed by atoms with Gasteiger partial charge in [-0.1, -0.05) is 6.07 Å². The van der Waals surface area contributed by atoms with Gasteiger partial charge in [0.1, 0.15) is 12.1 Å². The van der Waals surface area contributed by atoms with Crippen molar-refractivity contribution in [1.29, 1.82) is 0 Å². The molecule has 7 heteroatoms. The van der Waals surface area contributed by atoms with Crippen LogP contribution in [0.2, 0.25) is 0 Å². The average Bonchev–Trinajstić information content (AvgIpc) is 2.86. The van der Waals surface area contributed by atoms with E-state index < -0.39 is 11.9 Å². The Bertz CT molecular complexity index is 904. The maximum Gasteiger partial charge on any atom is 0.306 e. The van der Waals surface area contributed by atoms with Gasteiger partial charge >= 0.3 is 5.97 Å². The first-order valence-corrected chi connectivity index (χ1v) is 9.29. The van der Waals surface area contributed by atoms with Crippen LogP contribution in [0.5, 0.6) is 0 Å². The Kier molecular flexibility index (Phi) is 4.51. The summed E-state index contributed by atoms with van der Waals surface area (Å²) in [5.41, 5.74) is 10.0. The first-order valence-electron chi connectivity index (χ1n) is 9.29. The van der Waals surface area contributed by atoms with Crippen LogP contribution in [-0.4, -0.2) is 40.0 Å². The van der Waals surface area contributed by atoms with Gasteiger partial charge in [0.15, 0.2) is 0 Å². The zero-order valence-electron chi connectivity index (χ0n) is 15.0. The molecule has 1 fully saturated rings. The van der Waals surface area contributed by atoms with Gasteiger partial charge in [-0.05, 0) is 55.4 Å². The van der Waals surface area contributed by atoms with Gasteiger partial charge in [0, 0.05) is 24.2 Å². The topological polar surface area (TPSA) is 109 Å². The van der Waals surface area contributed by atoms with Crippen molar-refractivity contribution in [2.45, 2.75) is 32.1 Å². The first kappa shape index (κ1) is 17.5. The monoisotopic (exact) mass is 366 g/mol. The first-order chi connectivity index (χ1) is 13.0. The molecule has 1 amide bonds. The number of hydrogen-bond donors (Lipinski definition) is 2. The van der Waals surface area contributed by atoms with Gasteiger partial charge in [-0.15, -0.1) is 0 Å². The zero-order valence-corrected chi connectivity index (χ0v) is 15.0. The lowest BCUT2D eigenvalue weighted by Gasteiger charge is -2.32. The van der Waals surface area contributed by atoms with E-state index >= 15 is 0 Å². The number of fused-ring (bicyclic) bond motifs is 3. The molecule has 0 spiro atoms. The van der Waals surface area contributed by atoms with Crippen LogP contribution in [0, 0.1) is 5.92 Å². The molecule has 140 valence electrons. The number of benzene rings is 1. The molecule has 1 aliphatic carbocycles. The molecule has 7 nitrogen and oxygen atoms in total. The number of hydrogen-bond acceptors (Lipinski definition) is 5. The normalized spacial score (nSPS) is 17.0. The lowest BCUT2D eigenvalue weighted by Crippen LogP contribution is -2.37. The number of aryl methyl sites for hydroxylation is 2. The van der Waals surface area contributed by atoms with Crippen molar-refractivity contribution < 1.29 is 14.7 Å². The molecule has 1 aliphatic heterocycles. The Morgan fingerprint density at radius 2 is 1.93 bits per heavy atom. The summed E-state index contributed by atoms with van der Waals surface area (Å²) in [7, 11) is 0. The summed E-state index contributed by atoms with van der Waals surface area (Å²) in [5.74, 6) is -0.652. The SMILES string of the molecule is NC(=O)c1ccc2c(c1)-c1c(ncnc1N1CCC(C(=O)O)CC1)CCC2. The van der Waals surface area contributed by atoms with E-state index in [-0.39, 0.29) is 5.92 Å². The van der Waals surface area contributed by atoms with Crippen molar-refractivity contribution >= 4 is 17.7 Å². The molecule has 4 rings (SSSR count). The molecule has 1 saturated heterocycles. The number of carboxylic acids is 1. The fraction of sp³-hybridized carbons (Fsp3) is 0.400.